The number of piperidine rings is 1. The number of hydrogen-bond acceptors (Lipinski definition) is 4. The van der Waals surface area contributed by atoms with Crippen LogP contribution in [-0.2, 0) is 19.6 Å². The first kappa shape index (κ1) is 21.4. The number of likely N-dealkylation sites (tertiary alicyclic amines) is 1. The highest BCUT2D eigenvalue weighted by atomic mass is 32.2. The molecule has 2 rings (SSSR count). The maximum absolute atomic E-state index is 12.7. The van der Waals surface area contributed by atoms with Crippen molar-refractivity contribution in [3.8, 4) is 0 Å². The molecule has 1 aliphatic rings. The molecule has 0 aliphatic carbocycles. The Balaban J connectivity index is 1.91. The molecule has 7 nitrogen and oxygen atoms in total. The fourth-order valence-electron chi connectivity index (χ4n) is 3.31. The molecule has 0 aromatic heterocycles. The van der Waals surface area contributed by atoms with Crippen molar-refractivity contribution in [1.82, 2.24) is 14.9 Å². The third kappa shape index (κ3) is 6.95. The average molecular weight is 396 g/mol. The summed E-state index contributed by atoms with van der Waals surface area (Å²) in [6, 6.07) is 8.94. The van der Waals surface area contributed by atoms with E-state index in [1.165, 1.54) is 6.92 Å². The van der Waals surface area contributed by atoms with Gasteiger partial charge in [-0.1, -0.05) is 37.3 Å². The van der Waals surface area contributed by atoms with Gasteiger partial charge < -0.3 is 10.2 Å². The number of nitrogens with one attached hydrogen (secondary N) is 2. The van der Waals surface area contributed by atoms with Crippen molar-refractivity contribution < 1.29 is 18.0 Å². The van der Waals surface area contributed by atoms with E-state index >= 15 is 0 Å². The van der Waals surface area contributed by atoms with Crippen LogP contribution in [0.2, 0.25) is 0 Å². The van der Waals surface area contributed by atoms with Gasteiger partial charge in [0.15, 0.2) is 0 Å². The Hall–Kier alpha value is -1.93. The Morgan fingerprint density at radius 1 is 1.19 bits per heavy atom. The summed E-state index contributed by atoms with van der Waals surface area (Å²) in [5.41, 5.74) is 0.892. The Morgan fingerprint density at radius 3 is 2.37 bits per heavy atom. The molecule has 1 saturated heterocycles. The third-order valence-corrected chi connectivity index (χ3v) is 6.26. The van der Waals surface area contributed by atoms with Crippen LogP contribution >= 0.6 is 0 Å². The monoisotopic (exact) mass is 395 g/mol. The zero-order valence-corrected chi connectivity index (χ0v) is 16.8. The fourth-order valence-corrected chi connectivity index (χ4v) is 4.71. The first-order chi connectivity index (χ1) is 12.8. The molecule has 1 aromatic carbocycles. The van der Waals surface area contributed by atoms with Gasteiger partial charge in [0.05, 0.1) is 18.2 Å². The lowest BCUT2D eigenvalue weighted by Gasteiger charge is -2.33. The van der Waals surface area contributed by atoms with Gasteiger partial charge in [0, 0.05) is 26.1 Å². The summed E-state index contributed by atoms with van der Waals surface area (Å²) in [5, 5.41) is 2.84. The molecule has 1 atom stereocenters. The van der Waals surface area contributed by atoms with E-state index < -0.39 is 10.0 Å². The molecule has 2 amide bonds. The minimum atomic E-state index is -3.24. The quantitative estimate of drug-likeness (QED) is 0.698. The molecule has 0 radical (unpaired) electrons. The highest BCUT2D eigenvalue weighted by Crippen LogP contribution is 2.20. The molecule has 1 unspecified atom stereocenters. The molecule has 1 aliphatic heterocycles. The molecule has 0 spiro atoms. The van der Waals surface area contributed by atoms with Crippen LogP contribution in [0.1, 0.15) is 51.1 Å². The number of carbonyl (C=O) groups is 2. The van der Waals surface area contributed by atoms with Crippen LogP contribution in [0.5, 0.6) is 0 Å². The van der Waals surface area contributed by atoms with E-state index in [0.29, 0.717) is 32.4 Å². The Kier molecular flexibility index (Phi) is 7.79. The second-order valence-corrected chi connectivity index (χ2v) is 8.83. The summed E-state index contributed by atoms with van der Waals surface area (Å²) in [6.45, 7) is 4.30. The third-order valence-electron chi connectivity index (χ3n) is 4.62. The van der Waals surface area contributed by atoms with Crippen molar-refractivity contribution in [1.29, 1.82) is 0 Å². The van der Waals surface area contributed by atoms with Gasteiger partial charge in [-0.2, -0.15) is 0 Å². The zero-order chi connectivity index (χ0) is 19.9. The van der Waals surface area contributed by atoms with Crippen LogP contribution in [-0.4, -0.2) is 50.0 Å². The van der Waals surface area contributed by atoms with Gasteiger partial charge in [-0.25, -0.2) is 13.1 Å². The van der Waals surface area contributed by atoms with E-state index in [0.717, 1.165) is 5.56 Å². The summed E-state index contributed by atoms with van der Waals surface area (Å²) in [6.07, 6.45) is 1.97. The first-order valence-electron chi connectivity index (χ1n) is 9.40. The van der Waals surface area contributed by atoms with E-state index in [4.69, 9.17) is 0 Å². The van der Waals surface area contributed by atoms with E-state index in [-0.39, 0.29) is 36.1 Å². The van der Waals surface area contributed by atoms with Crippen LogP contribution in [0.25, 0.3) is 0 Å². The molecular formula is C19H29N3O4S. The van der Waals surface area contributed by atoms with Gasteiger partial charge in [-0.3, -0.25) is 9.59 Å². The van der Waals surface area contributed by atoms with Crippen molar-refractivity contribution in [2.45, 2.75) is 51.6 Å². The van der Waals surface area contributed by atoms with E-state index in [9.17, 15) is 18.0 Å². The largest absolute Gasteiger partial charge is 0.349 e. The lowest BCUT2D eigenvalue weighted by Crippen LogP contribution is -2.47. The van der Waals surface area contributed by atoms with Gasteiger partial charge >= 0.3 is 0 Å². The predicted molar refractivity (Wildman–Crippen MR) is 104 cm³/mol. The summed E-state index contributed by atoms with van der Waals surface area (Å²) in [7, 11) is -3.24. The van der Waals surface area contributed by atoms with Crippen molar-refractivity contribution in [3.05, 3.63) is 35.9 Å². The molecule has 0 saturated carbocycles. The molecule has 150 valence electrons. The number of carbonyl (C=O) groups excluding carboxylic acids is 2. The van der Waals surface area contributed by atoms with Crippen LogP contribution in [0.4, 0.5) is 0 Å². The molecule has 2 N–H and O–H groups in total. The van der Waals surface area contributed by atoms with Crippen LogP contribution in [0.3, 0.4) is 0 Å². The molecular weight excluding hydrogens is 366 g/mol. The Labute approximate surface area is 161 Å². The van der Waals surface area contributed by atoms with Gasteiger partial charge in [-0.15, -0.1) is 0 Å². The smallest absolute Gasteiger partial charge is 0.224 e. The molecule has 27 heavy (non-hydrogen) atoms. The van der Waals surface area contributed by atoms with Gasteiger partial charge in [-0.05, 0) is 24.8 Å². The normalized spacial score (nSPS) is 16.7. The van der Waals surface area contributed by atoms with Gasteiger partial charge in [0.25, 0.3) is 0 Å². The SMILES string of the molecule is CCCS(=O)(=O)NC1CCN(C(=O)CC(NC(C)=O)c2ccccc2)CC1. The van der Waals surface area contributed by atoms with Crippen LogP contribution < -0.4 is 10.0 Å². The second-order valence-electron chi connectivity index (χ2n) is 6.96. The van der Waals surface area contributed by atoms with Crippen LogP contribution in [0.15, 0.2) is 30.3 Å². The topological polar surface area (TPSA) is 95.6 Å². The fraction of sp³-hybridized carbons (Fsp3) is 0.579. The second kappa shape index (κ2) is 9.85. The maximum Gasteiger partial charge on any atom is 0.224 e. The molecule has 8 heteroatoms. The van der Waals surface area contributed by atoms with Crippen molar-refractivity contribution >= 4 is 21.8 Å². The number of benzene rings is 1. The van der Waals surface area contributed by atoms with Crippen molar-refractivity contribution in [3.63, 3.8) is 0 Å². The minimum absolute atomic E-state index is 0.0348. The standard InChI is InChI=1S/C19H29N3O4S/c1-3-13-27(25,26)21-17-9-11-22(12-10-17)19(24)14-18(20-15(2)23)16-7-5-4-6-8-16/h4-8,17-18,21H,3,9-14H2,1-2H3,(H,20,23). The predicted octanol–water partition coefficient (Wildman–Crippen LogP) is 1.57. The highest BCUT2D eigenvalue weighted by Gasteiger charge is 2.27. The number of nitrogens with zero attached hydrogens (tertiary/aromatic N) is 1. The lowest BCUT2D eigenvalue weighted by atomic mass is 10.0. The Morgan fingerprint density at radius 2 is 1.81 bits per heavy atom. The lowest BCUT2D eigenvalue weighted by molar-refractivity contribution is -0.133. The first-order valence-corrected chi connectivity index (χ1v) is 11.1. The summed E-state index contributed by atoms with van der Waals surface area (Å²) >= 11 is 0. The summed E-state index contributed by atoms with van der Waals surface area (Å²) < 4.78 is 26.5. The van der Waals surface area contributed by atoms with E-state index in [2.05, 4.69) is 10.0 Å². The summed E-state index contributed by atoms with van der Waals surface area (Å²) in [4.78, 5) is 26.0. The van der Waals surface area contributed by atoms with Crippen molar-refractivity contribution in [2.24, 2.45) is 0 Å². The average Bonchev–Trinajstić information content (AvgIpc) is 2.61. The minimum Gasteiger partial charge on any atom is -0.349 e. The van der Waals surface area contributed by atoms with E-state index in [1.807, 2.05) is 37.3 Å². The zero-order valence-electron chi connectivity index (χ0n) is 16.0. The van der Waals surface area contributed by atoms with Crippen LogP contribution in [0, 0.1) is 0 Å². The molecule has 1 heterocycles. The molecule has 1 fully saturated rings. The molecule has 0 bridgehead atoms. The van der Waals surface area contributed by atoms with Crippen molar-refractivity contribution in [2.75, 3.05) is 18.8 Å². The summed E-state index contributed by atoms with van der Waals surface area (Å²) in [5.74, 6) is -0.0881. The number of rotatable bonds is 8. The number of sulfonamides is 1. The Bertz CT molecular complexity index is 729. The van der Waals surface area contributed by atoms with Gasteiger partial charge in [0.1, 0.15) is 0 Å². The highest BCUT2D eigenvalue weighted by molar-refractivity contribution is 7.89. The maximum atomic E-state index is 12.7. The number of hydrogen-bond donors (Lipinski definition) is 2. The number of amides is 2. The molecule has 1 aromatic rings. The van der Waals surface area contributed by atoms with E-state index in [1.54, 1.807) is 4.90 Å². The van der Waals surface area contributed by atoms with Gasteiger partial charge in [0.2, 0.25) is 21.8 Å².